The van der Waals surface area contributed by atoms with Gasteiger partial charge >= 0.3 is 0 Å². The molecule has 0 bridgehead atoms. The zero-order valence-corrected chi connectivity index (χ0v) is 9.49. The van der Waals surface area contributed by atoms with Crippen molar-refractivity contribution in [1.82, 2.24) is 0 Å². The lowest BCUT2D eigenvalue weighted by Gasteiger charge is -2.16. The molecule has 1 unspecified atom stereocenters. The van der Waals surface area contributed by atoms with E-state index in [1.54, 1.807) is 6.08 Å². The molecular weight excluding hydrogens is 186 g/mol. The van der Waals surface area contributed by atoms with Crippen LogP contribution in [-0.4, -0.2) is 18.8 Å². The molecule has 0 spiro atoms. The van der Waals surface area contributed by atoms with Crippen LogP contribution >= 0.6 is 0 Å². The van der Waals surface area contributed by atoms with Crippen LogP contribution in [0, 0.1) is 0 Å². The van der Waals surface area contributed by atoms with E-state index in [-0.39, 0.29) is 12.1 Å². The van der Waals surface area contributed by atoms with Gasteiger partial charge < -0.3 is 10.5 Å². The van der Waals surface area contributed by atoms with E-state index in [2.05, 4.69) is 6.58 Å². The molecule has 0 aromatic rings. The Balaban J connectivity index is 2.39. The molecule has 0 amide bonds. The lowest BCUT2D eigenvalue weighted by atomic mass is 10.2. The van der Waals surface area contributed by atoms with E-state index in [9.17, 15) is 0 Å². The quantitative estimate of drug-likeness (QED) is 0.703. The third-order valence-electron chi connectivity index (χ3n) is 2.68. The van der Waals surface area contributed by atoms with Crippen LogP contribution in [-0.2, 0) is 4.74 Å². The monoisotopic (exact) mass is 207 g/mol. The molecule has 0 aliphatic heterocycles. The third kappa shape index (κ3) is 4.02. The maximum atomic E-state index is 5.93. The molecule has 84 valence electrons. The minimum atomic E-state index is 0.223. The smallest absolute Gasteiger partial charge is 0.0730 e. The van der Waals surface area contributed by atoms with Crippen molar-refractivity contribution in [2.75, 3.05) is 6.61 Å². The van der Waals surface area contributed by atoms with E-state index in [1.807, 2.05) is 25.2 Å². The standard InChI is InChI=1S/C13H21NO/c1-3-6-11(7-4-2)10-15-13-9-5-8-12(13)14/h3-4,6-7,12-13H,1,5,8-10,14H2,2H3/b7-4-,11-6+/t12-,13?/m0/s1. The van der Waals surface area contributed by atoms with Crippen LogP contribution in [0.15, 0.2) is 36.5 Å². The van der Waals surface area contributed by atoms with Gasteiger partial charge in [-0.05, 0) is 31.8 Å². The Labute approximate surface area is 92.5 Å². The van der Waals surface area contributed by atoms with Gasteiger partial charge in [0.2, 0.25) is 0 Å². The van der Waals surface area contributed by atoms with Crippen LogP contribution in [0.4, 0.5) is 0 Å². The van der Waals surface area contributed by atoms with E-state index in [0.717, 1.165) is 18.4 Å². The van der Waals surface area contributed by atoms with Gasteiger partial charge in [-0.15, -0.1) is 0 Å². The van der Waals surface area contributed by atoms with E-state index >= 15 is 0 Å². The van der Waals surface area contributed by atoms with E-state index < -0.39 is 0 Å². The summed E-state index contributed by atoms with van der Waals surface area (Å²) in [4.78, 5) is 0. The summed E-state index contributed by atoms with van der Waals surface area (Å²) in [7, 11) is 0. The van der Waals surface area contributed by atoms with Gasteiger partial charge in [-0.3, -0.25) is 0 Å². The highest BCUT2D eigenvalue weighted by Gasteiger charge is 2.24. The summed E-state index contributed by atoms with van der Waals surface area (Å²) >= 11 is 0. The van der Waals surface area contributed by atoms with Crippen LogP contribution in [0.25, 0.3) is 0 Å². The number of ether oxygens (including phenoxy) is 1. The van der Waals surface area contributed by atoms with E-state index in [0.29, 0.717) is 6.61 Å². The third-order valence-corrected chi connectivity index (χ3v) is 2.68. The Morgan fingerprint density at radius 2 is 2.33 bits per heavy atom. The van der Waals surface area contributed by atoms with Gasteiger partial charge in [0.15, 0.2) is 0 Å². The Kier molecular flexibility index (Phi) is 5.37. The molecule has 15 heavy (non-hydrogen) atoms. The predicted octanol–water partition coefficient (Wildman–Crippen LogP) is 2.57. The highest BCUT2D eigenvalue weighted by molar-refractivity contribution is 5.23. The lowest BCUT2D eigenvalue weighted by molar-refractivity contribution is 0.0654. The molecule has 2 nitrogen and oxygen atoms in total. The summed E-state index contributed by atoms with van der Waals surface area (Å²) in [6, 6.07) is 0.223. The van der Waals surface area contributed by atoms with Crippen molar-refractivity contribution >= 4 is 0 Å². The number of nitrogens with two attached hydrogens (primary N) is 1. The maximum absolute atomic E-state index is 5.93. The molecule has 1 aliphatic rings. The van der Waals surface area contributed by atoms with Crippen molar-refractivity contribution in [1.29, 1.82) is 0 Å². The second-order valence-corrected chi connectivity index (χ2v) is 3.92. The lowest BCUT2D eigenvalue weighted by Crippen LogP contribution is -2.31. The molecule has 0 aromatic carbocycles. The first-order chi connectivity index (χ1) is 7.27. The van der Waals surface area contributed by atoms with Crippen molar-refractivity contribution in [2.24, 2.45) is 5.73 Å². The molecule has 0 aromatic heterocycles. The number of rotatable bonds is 5. The molecule has 1 fully saturated rings. The van der Waals surface area contributed by atoms with Crippen LogP contribution < -0.4 is 5.73 Å². The maximum Gasteiger partial charge on any atom is 0.0730 e. The highest BCUT2D eigenvalue weighted by atomic mass is 16.5. The number of hydrogen-bond acceptors (Lipinski definition) is 2. The second-order valence-electron chi connectivity index (χ2n) is 3.92. The number of hydrogen-bond donors (Lipinski definition) is 1. The Morgan fingerprint density at radius 1 is 1.53 bits per heavy atom. The minimum Gasteiger partial charge on any atom is -0.372 e. The minimum absolute atomic E-state index is 0.223. The van der Waals surface area contributed by atoms with Gasteiger partial charge in [-0.1, -0.05) is 30.9 Å². The Bertz CT molecular complexity index is 255. The van der Waals surface area contributed by atoms with Gasteiger partial charge in [0, 0.05) is 6.04 Å². The first-order valence-electron chi connectivity index (χ1n) is 5.59. The first-order valence-corrected chi connectivity index (χ1v) is 5.59. The molecule has 2 N–H and O–H groups in total. The molecule has 1 saturated carbocycles. The summed E-state index contributed by atoms with van der Waals surface area (Å²) in [5.74, 6) is 0. The van der Waals surface area contributed by atoms with Crippen molar-refractivity contribution in [3.05, 3.63) is 36.5 Å². The van der Waals surface area contributed by atoms with Gasteiger partial charge in [0.1, 0.15) is 0 Å². The summed E-state index contributed by atoms with van der Waals surface area (Å²) in [5.41, 5.74) is 7.08. The van der Waals surface area contributed by atoms with Crippen molar-refractivity contribution in [3.8, 4) is 0 Å². The fourth-order valence-corrected chi connectivity index (χ4v) is 1.88. The topological polar surface area (TPSA) is 35.2 Å². The molecule has 0 radical (unpaired) electrons. The average molecular weight is 207 g/mol. The SMILES string of the molecule is C=C/C=C(\C=C/C)COC1CCC[C@@H]1N. The first kappa shape index (κ1) is 12.2. The van der Waals surface area contributed by atoms with Crippen LogP contribution in [0.5, 0.6) is 0 Å². The Morgan fingerprint density at radius 3 is 2.87 bits per heavy atom. The fourth-order valence-electron chi connectivity index (χ4n) is 1.88. The summed E-state index contributed by atoms with van der Waals surface area (Å²) in [6.45, 7) is 6.32. The molecule has 2 heteroatoms. The second kappa shape index (κ2) is 6.59. The molecule has 0 saturated heterocycles. The summed E-state index contributed by atoms with van der Waals surface area (Å²) < 4.78 is 5.79. The normalized spacial score (nSPS) is 27.5. The molecule has 2 atom stereocenters. The van der Waals surface area contributed by atoms with Gasteiger partial charge in [0.25, 0.3) is 0 Å². The van der Waals surface area contributed by atoms with Crippen LogP contribution in [0.3, 0.4) is 0 Å². The largest absolute Gasteiger partial charge is 0.372 e. The van der Waals surface area contributed by atoms with E-state index in [4.69, 9.17) is 10.5 Å². The van der Waals surface area contributed by atoms with Gasteiger partial charge in [-0.25, -0.2) is 0 Å². The molecular formula is C13H21NO. The molecule has 0 heterocycles. The Hall–Kier alpha value is -0.860. The van der Waals surface area contributed by atoms with E-state index in [1.165, 1.54) is 6.42 Å². The zero-order chi connectivity index (χ0) is 11.1. The fraction of sp³-hybridized carbons (Fsp3) is 0.538. The van der Waals surface area contributed by atoms with Crippen molar-refractivity contribution in [3.63, 3.8) is 0 Å². The zero-order valence-electron chi connectivity index (χ0n) is 9.49. The number of allylic oxidation sites excluding steroid dienone is 3. The predicted molar refractivity (Wildman–Crippen MR) is 64.7 cm³/mol. The van der Waals surface area contributed by atoms with Crippen molar-refractivity contribution in [2.45, 2.75) is 38.3 Å². The average Bonchev–Trinajstić information content (AvgIpc) is 2.61. The molecule has 1 aliphatic carbocycles. The van der Waals surface area contributed by atoms with Crippen LogP contribution in [0.2, 0.25) is 0 Å². The van der Waals surface area contributed by atoms with Crippen LogP contribution in [0.1, 0.15) is 26.2 Å². The van der Waals surface area contributed by atoms with Crippen molar-refractivity contribution < 1.29 is 4.74 Å². The highest BCUT2D eigenvalue weighted by Crippen LogP contribution is 2.20. The van der Waals surface area contributed by atoms with Gasteiger partial charge in [-0.2, -0.15) is 0 Å². The summed E-state index contributed by atoms with van der Waals surface area (Å²) in [6.07, 6.45) is 11.4. The summed E-state index contributed by atoms with van der Waals surface area (Å²) in [5, 5.41) is 0. The van der Waals surface area contributed by atoms with Gasteiger partial charge in [0.05, 0.1) is 12.7 Å². The molecule has 1 rings (SSSR count).